The van der Waals surface area contributed by atoms with E-state index in [-0.39, 0.29) is 0 Å². The summed E-state index contributed by atoms with van der Waals surface area (Å²) in [5.74, 6) is 0.778. The Hall–Kier alpha value is -1.28. The second-order valence-electron chi connectivity index (χ2n) is 6.63. The molecule has 4 atom stereocenters. The molecule has 3 heterocycles. The standard InChI is InChI=1S/C17H20N2/c1-2-6-14-13(5-1)17-9-11-19-10-3-4-12(16(17)19)7-8-15(17)18-14/h1-2,5-8,12,15-16,18H,3-4,9-11H2/t12-,15-,16-,17-/m0/s1. The van der Waals surface area contributed by atoms with E-state index in [0.29, 0.717) is 11.5 Å². The first kappa shape index (κ1) is 10.5. The van der Waals surface area contributed by atoms with Gasteiger partial charge in [0.15, 0.2) is 0 Å². The summed E-state index contributed by atoms with van der Waals surface area (Å²) in [7, 11) is 0. The SMILES string of the molecule is C1=C[C@@H]2Nc3ccccc3[C@@]23CCN2CCC[C@@H]1[C@H]23. The zero-order valence-corrected chi connectivity index (χ0v) is 11.2. The lowest BCUT2D eigenvalue weighted by Gasteiger charge is -2.48. The second-order valence-corrected chi connectivity index (χ2v) is 6.63. The molecule has 0 radical (unpaired) electrons. The number of nitrogens with one attached hydrogen (secondary N) is 1. The summed E-state index contributed by atoms with van der Waals surface area (Å²) >= 11 is 0. The number of benzene rings is 1. The van der Waals surface area contributed by atoms with E-state index in [1.165, 1.54) is 38.0 Å². The molecule has 3 aliphatic heterocycles. The van der Waals surface area contributed by atoms with Crippen molar-refractivity contribution in [3.63, 3.8) is 0 Å². The Bertz CT molecular complexity index is 564. The number of para-hydroxylation sites is 1. The third-order valence-corrected chi connectivity index (χ3v) is 5.97. The molecule has 19 heavy (non-hydrogen) atoms. The second kappa shape index (κ2) is 3.43. The van der Waals surface area contributed by atoms with Crippen LogP contribution in [0.3, 0.4) is 0 Å². The molecule has 2 fully saturated rings. The molecule has 0 unspecified atom stereocenters. The van der Waals surface area contributed by atoms with Crippen molar-refractivity contribution < 1.29 is 0 Å². The number of fused-ring (bicyclic) bond motifs is 1. The number of hydrogen-bond acceptors (Lipinski definition) is 2. The lowest BCUT2D eigenvalue weighted by atomic mass is 9.62. The molecule has 1 aliphatic carbocycles. The van der Waals surface area contributed by atoms with E-state index >= 15 is 0 Å². The van der Waals surface area contributed by atoms with Crippen molar-refractivity contribution in [3.05, 3.63) is 42.0 Å². The quantitative estimate of drug-likeness (QED) is 0.714. The van der Waals surface area contributed by atoms with Crippen LogP contribution in [-0.4, -0.2) is 30.1 Å². The summed E-state index contributed by atoms with van der Waals surface area (Å²) in [6.07, 6.45) is 9.06. The van der Waals surface area contributed by atoms with Gasteiger partial charge in [-0.1, -0.05) is 30.4 Å². The first-order chi connectivity index (χ1) is 9.39. The number of piperidine rings is 1. The zero-order chi connectivity index (χ0) is 12.4. The number of rotatable bonds is 0. The normalized spacial score (nSPS) is 42.4. The minimum Gasteiger partial charge on any atom is -0.378 e. The van der Waals surface area contributed by atoms with Gasteiger partial charge in [-0.2, -0.15) is 0 Å². The first-order valence-corrected chi connectivity index (χ1v) is 7.68. The first-order valence-electron chi connectivity index (χ1n) is 7.68. The predicted octanol–water partition coefficient (Wildman–Crippen LogP) is 2.77. The molecule has 1 N–H and O–H groups in total. The highest BCUT2D eigenvalue weighted by molar-refractivity contribution is 5.65. The summed E-state index contributed by atoms with van der Waals surface area (Å²) in [6, 6.07) is 10.3. The molecule has 5 rings (SSSR count). The molecule has 1 aromatic carbocycles. The lowest BCUT2D eigenvalue weighted by molar-refractivity contribution is 0.109. The van der Waals surface area contributed by atoms with Gasteiger partial charge in [-0.3, -0.25) is 4.90 Å². The lowest BCUT2D eigenvalue weighted by Crippen LogP contribution is -2.56. The van der Waals surface area contributed by atoms with Gasteiger partial charge in [0.1, 0.15) is 0 Å². The van der Waals surface area contributed by atoms with Crippen molar-refractivity contribution >= 4 is 5.69 Å². The summed E-state index contributed by atoms with van der Waals surface area (Å²) in [4.78, 5) is 2.77. The fourth-order valence-corrected chi connectivity index (χ4v) is 5.32. The Balaban J connectivity index is 1.74. The molecule has 1 aromatic rings. The Morgan fingerprint density at radius 1 is 1.16 bits per heavy atom. The van der Waals surface area contributed by atoms with Crippen molar-refractivity contribution in [2.24, 2.45) is 5.92 Å². The van der Waals surface area contributed by atoms with Crippen molar-refractivity contribution in [1.29, 1.82) is 0 Å². The molecular weight excluding hydrogens is 232 g/mol. The van der Waals surface area contributed by atoms with Crippen molar-refractivity contribution in [1.82, 2.24) is 4.90 Å². The van der Waals surface area contributed by atoms with Crippen LogP contribution in [0.15, 0.2) is 36.4 Å². The van der Waals surface area contributed by atoms with Gasteiger partial charge in [-0.05, 0) is 49.9 Å². The highest BCUT2D eigenvalue weighted by atomic mass is 15.2. The summed E-state index contributed by atoms with van der Waals surface area (Å²) in [5.41, 5.74) is 3.32. The molecule has 1 spiro atoms. The van der Waals surface area contributed by atoms with Crippen LogP contribution in [-0.2, 0) is 5.41 Å². The third-order valence-electron chi connectivity index (χ3n) is 5.97. The number of hydrogen-bond donors (Lipinski definition) is 1. The topological polar surface area (TPSA) is 15.3 Å². The fourth-order valence-electron chi connectivity index (χ4n) is 5.32. The molecule has 98 valence electrons. The van der Waals surface area contributed by atoms with Crippen molar-refractivity contribution in [2.75, 3.05) is 18.4 Å². The zero-order valence-electron chi connectivity index (χ0n) is 11.2. The smallest absolute Gasteiger partial charge is 0.0558 e. The summed E-state index contributed by atoms with van der Waals surface area (Å²) < 4.78 is 0. The van der Waals surface area contributed by atoms with Gasteiger partial charge in [-0.15, -0.1) is 0 Å². The Kier molecular flexibility index (Phi) is 1.89. The number of nitrogens with zero attached hydrogens (tertiary/aromatic N) is 1. The van der Waals surface area contributed by atoms with Crippen LogP contribution in [0.1, 0.15) is 24.8 Å². The summed E-state index contributed by atoms with van der Waals surface area (Å²) in [6.45, 7) is 2.60. The molecule has 0 amide bonds. The van der Waals surface area contributed by atoms with E-state index in [9.17, 15) is 0 Å². The van der Waals surface area contributed by atoms with Gasteiger partial charge < -0.3 is 5.32 Å². The van der Waals surface area contributed by atoms with Crippen LogP contribution in [0.5, 0.6) is 0 Å². The third kappa shape index (κ3) is 1.13. The molecule has 0 bridgehead atoms. The van der Waals surface area contributed by atoms with Gasteiger partial charge >= 0.3 is 0 Å². The van der Waals surface area contributed by atoms with Gasteiger partial charge in [0.2, 0.25) is 0 Å². The van der Waals surface area contributed by atoms with Crippen molar-refractivity contribution in [3.8, 4) is 0 Å². The van der Waals surface area contributed by atoms with Crippen molar-refractivity contribution in [2.45, 2.75) is 36.8 Å². The van der Waals surface area contributed by atoms with Crippen LogP contribution in [0.4, 0.5) is 5.69 Å². The van der Waals surface area contributed by atoms with E-state index in [0.717, 1.165) is 12.0 Å². The average molecular weight is 252 g/mol. The van der Waals surface area contributed by atoms with Gasteiger partial charge in [-0.25, -0.2) is 0 Å². The van der Waals surface area contributed by atoms with E-state index in [1.807, 2.05) is 0 Å². The Morgan fingerprint density at radius 3 is 3.11 bits per heavy atom. The van der Waals surface area contributed by atoms with Gasteiger partial charge in [0.25, 0.3) is 0 Å². The van der Waals surface area contributed by atoms with E-state index in [1.54, 1.807) is 5.56 Å². The van der Waals surface area contributed by atoms with E-state index in [2.05, 4.69) is 46.6 Å². The van der Waals surface area contributed by atoms with Crippen LogP contribution in [0.25, 0.3) is 0 Å². The van der Waals surface area contributed by atoms with E-state index in [4.69, 9.17) is 0 Å². The minimum atomic E-state index is 0.358. The molecule has 4 aliphatic rings. The van der Waals surface area contributed by atoms with Gasteiger partial charge in [0, 0.05) is 17.1 Å². The van der Waals surface area contributed by atoms with E-state index < -0.39 is 0 Å². The maximum absolute atomic E-state index is 3.77. The maximum Gasteiger partial charge on any atom is 0.0558 e. The molecule has 2 nitrogen and oxygen atoms in total. The van der Waals surface area contributed by atoms with Crippen LogP contribution in [0.2, 0.25) is 0 Å². The largest absolute Gasteiger partial charge is 0.378 e. The minimum absolute atomic E-state index is 0.358. The molecule has 2 heteroatoms. The Labute approximate surface area is 114 Å². The maximum atomic E-state index is 3.77. The Morgan fingerprint density at radius 2 is 2.11 bits per heavy atom. The van der Waals surface area contributed by atoms with Gasteiger partial charge in [0.05, 0.1) is 6.04 Å². The highest BCUT2D eigenvalue weighted by Gasteiger charge is 2.60. The molecule has 0 aromatic heterocycles. The highest BCUT2D eigenvalue weighted by Crippen LogP contribution is 2.56. The predicted molar refractivity (Wildman–Crippen MR) is 77.4 cm³/mol. The molecule has 2 saturated heterocycles. The fraction of sp³-hybridized carbons (Fsp3) is 0.529. The number of anilines is 1. The molecular formula is C17H20N2. The monoisotopic (exact) mass is 252 g/mol. The molecule has 0 saturated carbocycles. The average Bonchev–Trinajstić information content (AvgIpc) is 3.00. The summed E-state index contributed by atoms with van der Waals surface area (Å²) in [5, 5.41) is 3.77. The van der Waals surface area contributed by atoms with Crippen LogP contribution in [0, 0.1) is 5.92 Å². The van der Waals surface area contributed by atoms with Crippen LogP contribution < -0.4 is 5.32 Å². The van der Waals surface area contributed by atoms with Crippen LogP contribution >= 0.6 is 0 Å².